The van der Waals surface area contributed by atoms with E-state index >= 15 is 0 Å². The van der Waals surface area contributed by atoms with Crippen LogP contribution in [0.4, 0.5) is 5.69 Å². The Balaban J connectivity index is 0.00000288. The van der Waals surface area contributed by atoms with Crippen LogP contribution >= 0.6 is 39.9 Å². The first kappa shape index (κ1) is 21.5. The van der Waals surface area contributed by atoms with Crippen LogP contribution in [0.1, 0.15) is 12.8 Å². The minimum atomic E-state index is 0. The zero-order valence-corrected chi connectivity index (χ0v) is 18.7. The minimum absolute atomic E-state index is 0. The lowest BCUT2D eigenvalue weighted by Crippen LogP contribution is -2.45. The summed E-state index contributed by atoms with van der Waals surface area (Å²) in [4.78, 5) is 8.95. The van der Waals surface area contributed by atoms with Crippen LogP contribution in [-0.4, -0.2) is 64.2 Å². The molecule has 1 fully saturated rings. The molecule has 2 N–H and O–H groups in total. The third-order valence-electron chi connectivity index (χ3n) is 4.02. The second-order valence-corrected chi connectivity index (χ2v) is 7.04. The van der Waals surface area contributed by atoms with Crippen molar-refractivity contribution in [3.8, 4) is 0 Å². The summed E-state index contributed by atoms with van der Waals surface area (Å²) in [6.45, 7) is 4.10. The van der Waals surface area contributed by atoms with Gasteiger partial charge < -0.3 is 20.4 Å². The first-order valence-corrected chi connectivity index (χ1v) is 9.01. The maximum atomic E-state index is 4.34. The molecule has 2 rings (SSSR count). The molecule has 0 saturated carbocycles. The molecule has 1 unspecified atom stereocenters. The fourth-order valence-corrected chi connectivity index (χ4v) is 3.33. The van der Waals surface area contributed by atoms with Gasteiger partial charge in [0.2, 0.25) is 0 Å². The van der Waals surface area contributed by atoms with Gasteiger partial charge in [0, 0.05) is 37.2 Å². The molecule has 0 radical (unpaired) electrons. The van der Waals surface area contributed by atoms with Crippen molar-refractivity contribution in [1.29, 1.82) is 0 Å². The van der Waals surface area contributed by atoms with E-state index in [2.05, 4.69) is 79.7 Å². The van der Waals surface area contributed by atoms with Crippen LogP contribution < -0.4 is 15.5 Å². The van der Waals surface area contributed by atoms with Gasteiger partial charge >= 0.3 is 0 Å². The SMILES string of the molecule is CN=C(NCCCN(C)C)NC1CCN(c2ccccc2Br)C1.I. The summed E-state index contributed by atoms with van der Waals surface area (Å²) in [5.41, 5.74) is 1.27. The molecule has 1 heterocycles. The van der Waals surface area contributed by atoms with Crippen LogP contribution in [0.15, 0.2) is 33.7 Å². The van der Waals surface area contributed by atoms with E-state index in [1.165, 1.54) is 5.69 Å². The normalized spacial score (nSPS) is 17.8. The minimum Gasteiger partial charge on any atom is -0.368 e. The van der Waals surface area contributed by atoms with E-state index in [0.717, 1.165) is 49.5 Å². The van der Waals surface area contributed by atoms with Crippen molar-refractivity contribution in [3.05, 3.63) is 28.7 Å². The summed E-state index contributed by atoms with van der Waals surface area (Å²) >= 11 is 3.64. The molecule has 1 aliphatic rings. The molecule has 0 aromatic heterocycles. The number of anilines is 1. The number of hydrogen-bond donors (Lipinski definition) is 2. The maximum Gasteiger partial charge on any atom is 0.191 e. The number of aliphatic imine (C=N–C) groups is 1. The molecule has 7 heteroatoms. The quantitative estimate of drug-likeness (QED) is 0.268. The monoisotopic (exact) mass is 509 g/mol. The predicted molar refractivity (Wildman–Crippen MR) is 118 cm³/mol. The molecular formula is C17H29BrIN5. The van der Waals surface area contributed by atoms with Crippen molar-refractivity contribution in [2.24, 2.45) is 4.99 Å². The molecule has 1 atom stereocenters. The number of nitrogens with one attached hydrogen (secondary N) is 2. The van der Waals surface area contributed by atoms with Crippen molar-refractivity contribution < 1.29 is 0 Å². The van der Waals surface area contributed by atoms with Crippen molar-refractivity contribution in [1.82, 2.24) is 15.5 Å². The van der Waals surface area contributed by atoms with Gasteiger partial charge in [0.15, 0.2) is 5.96 Å². The highest BCUT2D eigenvalue weighted by Gasteiger charge is 2.24. The van der Waals surface area contributed by atoms with Gasteiger partial charge in [-0.2, -0.15) is 0 Å². The van der Waals surface area contributed by atoms with Crippen LogP contribution in [0.25, 0.3) is 0 Å². The zero-order valence-electron chi connectivity index (χ0n) is 14.8. The van der Waals surface area contributed by atoms with Crippen molar-refractivity contribution in [2.45, 2.75) is 18.9 Å². The number of rotatable bonds is 6. The van der Waals surface area contributed by atoms with Crippen molar-refractivity contribution in [2.75, 3.05) is 52.2 Å². The molecule has 1 aromatic carbocycles. The lowest BCUT2D eigenvalue weighted by atomic mass is 10.2. The second kappa shape index (κ2) is 11.1. The molecule has 0 spiro atoms. The first-order chi connectivity index (χ1) is 11.1. The van der Waals surface area contributed by atoms with E-state index < -0.39 is 0 Å². The molecular weight excluding hydrogens is 481 g/mol. The number of halogens is 2. The van der Waals surface area contributed by atoms with Gasteiger partial charge in [-0.1, -0.05) is 12.1 Å². The summed E-state index contributed by atoms with van der Waals surface area (Å²) in [6, 6.07) is 8.84. The molecule has 136 valence electrons. The molecule has 5 nitrogen and oxygen atoms in total. The summed E-state index contributed by atoms with van der Waals surface area (Å²) < 4.78 is 1.16. The molecule has 0 amide bonds. The largest absolute Gasteiger partial charge is 0.368 e. The number of hydrogen-bond acceptors (Lipinski definition) is 3. The van der Waals surface area contributed by atoms with Crippen LogP contribution in [0, 0.1) is 0 Å². The summed E-state index contributed by atoms with van der Waals surface area (Å²) in [6.07, 6.45) is 2.24. The third kappa shape index (κ3) is 6.76. The summed E-state index contributed by atoms with van der Waals surface area (Å²) in [5.74, 6) is 0.905. The highest BCUT2D eigenvalue weighted by molar-refractivity contribution is 14.0. The smallest absolute Gasteiger partial charge is 0.191 e. The Morgan fingerprint density at radius 3 is 2.79 bits per heavy atom. The first-order valence-electron chi connectivity index (χ1n) is 8.21. The zero-order chi connectivity index (χ0) is 16.7. The standard InChI is InChI=1S/C17H28BrN5.HI/c1-19-17(20-10-6-11-22(2)3)21-14-9-12-23(13-14)16-8-5-4-7-15(16)18;/h4-5,7-8,14H,6,9-13H2,1-3H3,(H2,19,20,21);1H. The van der Waals surface area contributed by atoms with Crippen LogP contribution in [0.2, 0.25) is 0 Å². The van der Waals surface area contributed by atoms with Gasteiger partial charge in [-0.3, -0.25) is 4.99 Å². The second-order valence-electron chi connectivity index (χ2n) is 6.18. The van der Waals surface area contributed by atoms with Crippen LogP contribution in [0.3, 0.4) is 0 Å². The number of benzene rings is 1. The summed E-state index contributed by atoms with van der Waals surface area (Å²) in [7, 11) is 6.03. The Hall–Kier alpha value is -0.540. The fourth-order valence-electron chi connectivity index (χ4n) is 2.80. The van der Waals surface area contributed by atoms with Crippen molar-refractivity contribution >= 4 is 51.6 Å². The Labute approximate surface area is 171 Å². The van der Waals surface area contributed by atoms with E-state index in [0.29, 0.717) is 6.04 Å². The Kier molecular flexibility index (Phi) is 9.99. The topological polar surface area (TPSA) is 42.9 Å². The predicted octanol–water partition coefficient (Wildman–Crippen LogP) is 2.76. The Morgan fingerprint density at radius 2 is 2.12 bits per heavy atom. The number of nitrogens with zero attached hydrogens (tertiary/aromatic N) is 3. The average molecular weight is 510 g/mol. The van der Waals surface area contributed by atoms with Gasteiger partial charge in [-0.25, -0.2) is 0 Å². The van der Waals surface area contributed by atoms with E-state index in [9.17, 15) is 0 Å². The fraction of sp³-hybridized carbons (Fsp3) is 0.588. The molecule has 1 aromatic rings. The van der Waals surface area contributed by atoms with E-state index in [1.807, 2.05) is 7.05 Å². The summed E-state index contributed by atoms with van der Waals surface area (Å²) in [5, 5.41) is 6.94. The molecule has 24 heavy (non-hydrogen) atoms. The van der Waals surface area contributed by atoms with E-state index in [1.54, 1.807) is 0 Å². The Morgan fingerprint density at radius 1 is 1.38 bits per heavy atom. The molecule has 1 saturated heterocycles. The van der Waals surface area contributed by atoms with Gasteiger partial charge in [-0.05, 0) is 61.5 Å². The lowest BCUT2D eigenvalue weighted by Gasteiger charge is -2.21. The van der Waals surface area contributed by atoms with Gasteiger partial charge in [0.1, 0.15) is 0 Å². The highest BCUT2D eigenvalue weighted by atomic mass is 127. The van der Waals surface area contributed by atoms with Gasteiger partial charge in [-0.15, -0.1) is 24.0 Å². The van der Waals surface area contributed by atoms with Gasteiger partial charge in [0.05, 0.1) is 5.69 Å². The highest BCUT2D eigenvalue weighted by Crippen LogP contribution is 2.28. The average Bonchev–Trinajstić information content (AvgIpc) is 2.98. The van der Waals surface area contributed by atoms with Gasteiger partial charge in [0.25, 0.3) is 0 Å². The third-order valence-corrected chi connectivity index (χ3v) is 4.69. The van der Waals surface area contributed by atoms with E-state index in [4.69, 9.17) is 0 Å². The number of para-hydroxylation sites is 1. The van der Waals surface area contributed by atoms with E-state index in [-0.39, 0.29) is 24.0 Å². The molecule has 0 aliphatic carbocycles. The lowest BCUT2D eigenvalue weighted by molar-refractivity contribution is 0.399. The van der Waals surface area contributed by atoms with Crippen LogP contribution in [0.5, 0.6) is 0 Å². The molecule has 1 aliphatic heterocycles. The molecule has 0 bridgehead atoms. The number of guanidine groups is 1. The maximum absolute atomic E-state index is 4.34. The Bertz CT molecular complexity index is 523. The van der Waals surface area contributed by atoms with Crippen LogP contribution in [-0.2, 0) is 0 Å². The van der Waals surface area contributed by atoms with Crippen molar-refractivity contribution in [3.63, 3.8) is 0 Å².